The van der Waals surface area contributed by atoms with E-state index >= 15 is 0 Å². The monoisotopic (exact) mass is 409 g/mol. The number of rotatable bonds is 6. The maximum atomic E-state index is 13.0. The quantitative estimate of drug-likeness (QED) is 0.395. The second-order valence-corrected chi connectivity index (χ2v) is 7.77. The molecule has 2 aliphatic rings. The van der Waals surface area contributed by atoms with Crippen LogP contribution in [0.5, 0.6) is 0 Å². The van der Waals surface area contributed by atoms with Crippen molar-refractivity contribution in [3.05, 3.63) is 11.3 Å². The highest BCUT2D eigenvalue weighted by Gasteiger charge is 2.45. The van der Waals surface area contributed by atoms with Crippen molar-refractivity contribution < 1.29 is 19.1 Å². The summed E-state index contributed by atoms with van der Waals surface area (Å²) in [4.78, 5) is 30.2. The van der Waals surface area contributed by atoms with E-state index in [9.17, 15) is 9.59 Å². The normalized spacial score (nSPS) is 23.5. The predicted molar refractivity (Wildman–Crippen MR) is 112 cm³/mol. The molecule has 0 bridgehead atoms. The highest BCUT2D eigenvalue weighted by atomic mass is 32.1. The van der Waals surface area contributed by atoms with Gasteiger partial charge in [-0.05, 0) is 44.8 Å². The van der Waals surface area contributed by atoms with Crippen LogP contribution in [0.1, 0.15) is 52.4 Å². The fourth-order valence-electron chi connectivity index (χ4n) is 4.35. The maximum Gasteiger partial charge on any atom is 0.336 e. The Morgan fingerprint density at radius 2 is 1.89 bits per heavy atom. The first kappa shape index (κ1) is 22.3. The van der Waals surface area contributed by atoms with Crippen molar-refractivity contribution in [2.75, 3.05) is 20.3 Å². The Hall–Kier alpha value is -1.96. The summed E-state index contributed by atoms with van der Waals surface area (Å²) in [7, 11) is 1.37. The highest BCUT2D eigenvalue weighted by Crippen LogP contribution is 2.42. The average Bonchev–Trinajstić information content (AvgIpc) is 2.94. The summed E-state index contributed by atoms with van der Waals surface area (Å²) in [5, 5.41) is 3.01. The van der Waals surface area contributed by atoms with E-state index in [1.165, 1.54) is 20.0 Å². The van der Waals surface area contributed by atoms with Gasteiger partial charge in [0.15, 0.2) is 5.11 Å². The third kappa shape index (κ3) is 5.31. The SMILES string of the molecule is CCOC(=O)C1=C(CNC(N)=S)N=C(C)C(C(=O)OC)C1C1CCCCCC1. The predicted octanol–water partition coefficient (Wildman–Crippen LogP) is 2.49. The second-order valence-electron chi connectivity index (χ2n) is 7.33. The second kappa shape index (κ2) is 10.5. The topological polar surface area (TPSA) is 103 Å². The highest BCUT2D eigenvalue weighted by molar-refractivity contribution is 7.80. The van der Waals surface area contributed by atoms with Gasteiger partial charge in [0.2, 0.25) is 0 Å². The van der Waals surface area contributed by atoms with Crippen LogP contribution in [0, 0.1) is 17.8 Å². The number of nitrogens with two attached hydrogens (primary N) is 1. The lowest BCUT2D eigenvalue weighted by molar-refractivity contribution is -0.145. The van der Waals surface area contributed by atoms with Gasteiger partial charge >= 0.3 is 11.9 Å². The molecular formula is C20H31N3O4S. The zero-order valence-corrected chi connectivity index (χ0v) is 17.8. The Morgan fingerprint density at radius 1 is 1.25 bits per heavy atom. The number of hydrogen-bond acceptors (Lipinski definition) is 6. The first-order valence-corrected chi connectivity index (χ1v) is 10.4. The molecule has 0 aromatic carbocycles. The molecular weight excluding hydrogens is 378 g/mol. The Labute approximate surface area is 172 Å². The molecule has 8 heteroatoms. The minimum atomic E-state index is -0.582. The molecule has 2 unspecified atom stereocenters. The van der Waals surface area contributed by atoms with Crippen molar-refractivity contribution in [2.45, 2.75) is 52.4 Å². The standard InChI is InChI=1S/C20H31N3O4S/c1-4-27-19(25)17-14(11-22-20(21)28)23-12(2)15(18(24)26-3)16(17)13-9-7-5-6-8-10-13/h13,15-16H,4-11H2,1-3H3,(H3,21,22,28). The Morgan fingerprint density at radius 3 is 2.43 bits per heavy atom. The minimum absolute atomic E-state index is 0.129. The van der Waals surface area contributed by atoms with Gasteiger partial charge in [-0.1, -0.05) is 25.7 Å². The fourth-order valence-corrected chi connectivity index (χ4v) is 4.42. The number of methoxy groups -OCH3 is 1. The van der Waals surface area contributed by atoms with E-state index < -0.39 is 11.9 Å². The molecule has 7 nitrogen and oxygen atoms in total. The molecule has 0 saturated heterocycles. The van der Waals surface area contributed by atoms with Crippen molar-refractivity contribution in [3.63, 3.8) is 0 Å². The molecule has 1 aliphatic heterocycles. The summed E-state index contributed by atoms with van der Waals surface area (Å²) in [6.45, 7) is 4.05. The summed E-state index contributed by atoms with van der Waals surface area (Å²) in [5.74, 6) is -1.50. The van der Waals surface area contributed by atoms with Crippen LogP contribution in [0.25, 0.3) is 0 Å². The van der Waals surface area contributed by atoms with Gasteiger partial charge < -0.3 is 20.5 Å². The Bertz CT molecular complexity index is 666. The van der Waals surface area contributed by atoms with Crippen molar-refractivity contribution >= 4 is 35.0 Å². The van der Waals surface area contributed by atoms with E-state index in [0.29, 0.717) is 17.0 Å². The van der Waals surface area contributed by atoms with E-state index in [1.54, 1.807) is 6.92 Å². The van der Waals surface area contributed by atoms with Crippen LogP contribution in [-0.2, 0) is 19.1 Å². The van der Waals surface area contributed by atoms with Gasteiger partial charge in [0.1, 0.15) is 5.92 Å². The van der Waals surface area contributed by atoms with Gasteiger partial charge in [0.05, 0.1) is 31.5 Å². The van der Waals surface area contributed by atoms with Crippen molar-refractivity contribution in [1.82, 2.24) is 5.32 Å². The van der Waals surface area contributed by atoms with E-state index in [-0.39, 0.29) is 36.1 Å². The summed E-state index contributed by atoms with van der Waals surface area (Å²) in [5.41, 5.74) is 7.22. The van der Waals surface area contributed by atoms with Crippen molar-refractivity contribution in [2.24, 2.45) is 28.5 Å². The number of carbonyl (C=O) groups excluding carboxylic acids is 2. The molecule has 1 fully saturated rings. The molecule has 0 aromatic rings. The molecule has 1 heterocycles. The van der Waals surface area contributed by atoms with Gasteiger partial charge in [-0.2, -0.15) is 0 Å². The first-order chi connectivity index (χ1) is 13.4. The van der Waals surface area contributed by atoms with Crippen molar-refractivity contribution in [1.29, 1.82) is 0 Å². The average molecular weight is 410 g/mol. The Balaban J connectivity index is 2.55. The van der Waals surface area contributed by atoms with E-state index in [4.69, 9.17) is 27.4 Å². The molecule has 1 aliphatic carbocycles. The Kier molecular flexibility index (Phi) is 8.41. The first-order valence-electron chi connectivity index (χ1n) is 9.97. The molecule has 156 valence electrons. The van der Waals surface area contributed by atoms with Crippen LogP contribution < -0.4 is 11.1 Å². The van der Waals surface area contributed by atoms with Crippen LogP contribution >= 0.6 is 12.2 Å². The lowest BCUT2D eigenvalue weighted by Gasteiger charge is -2.36. The summed E-state index contributed by atoms with van der Waals surface area (Å²) >= 11 is 4.91. The van der Waals surface area contributed by atoms with Gasteiger partial charge in [-0.15, -0.1) is 0 Å². The van der Waals surface area contributed by atoms with Gasteiger partial charge in [0, 0.05) is 11.6 Å². The largest absolute Gasteiger partial charge is 0.468 e. The number of thiocarbonyl (C=S) groups is 1. The molecule has 0 spiro atoms. The van der Waals surface area contributed by atoms with Gasteiger partial charge in [0.25, 0.3) is 0 Å². The van der Waals surface area contributed by atoms with Crippen molar-refractivity contribution in [3.8, 4) is 0 Å². The van der Waals surface area contributed by atoms with E-state index in [1.807, 2.05) is 6.92 Å². The fraction of sp³-hybridized carbons (Fsp3) is 0.700. The lowest BCUT2D eigenvalue weighted by atomic mass is 9.70. The summed E-state index contributed by atoms with van der Waals surface area (Å²) in [6.07, 6.45) is 6.44. The minimum Gasteiger partial charge on any atom is -0.468 e. The molecule has 1 saturated carbocycles. The molecule has 2 atom stereocenters. The van der Waals surface area contributed by atoms with Crippen LogP contribution in [-0.4, -0.2) is 43.0 Å². The molecule has 0 radical (unpaired) electrons. The maximum absolute atomic E-state index is 13.0. The molecule has 2 rings (SSSR count). The van der Waals surface area contributed by atoms with Crippen LogP contribution in [0.4, 0.5) is 0 Å². The number of hydrogen-bond donors (Lipinski definition) is 2. The summed E-state index contributed by atoms with van der Waals surface area (Å²) in [6, 6.07) is 0. The smallest absolute Gasteiger partial charge is 0.336 e. The zero-order valence-electron chi connectivity index (χ0n) is 17.0. The number of carbonyl (C=O) groups is 2. The van der Waals surface area contributed by atoms with Crippen LogP contribution in [0.15, 0.2) is 16.3 Å². The number of nitrogens with one attached hydrogen (secondary N) is 1. The van der Waals surface area contributed by atoms with E-state index in [0.717, 1.165) is 25.7 Å². The van der Waals surface area contributed by atoms with Gasteiger partial charge in [-0.25, -0.2) is 4.79 Å². The number of nitrogens with zero attached hydrogens (tertiary/aromatic N) is 1. The number of ether oxygens (including phenoxy) is 2. The van der Waals surface area contributed by atoms with Crippen LogP contribution in [0.2, 0.25) is 0 Å². The molecule has 3 N–H and O–H groups in total. The summed E-state index contributed by atoms with van der Waals surface area (Å²) < 4.78 is 10.4. The molecule has 28 heavy (non-hydrogen) atoms. The number of esters is 2. The third-order valence-corrected chi connectivity index (χ3v) is 5.70. The zero-order chi connectivity index (χ0) is 20.7. The lowest BCUT2D eigenvalue weighted by Crippen LogP contribution is -2.43. The number of aliphatic imine (C=N–C) groups is 1. The molecule has 0 amide bonds. The van der Waals surface area contributed by atoms with E-state index in [2.05, 4.69) is 10.3 Å². The third-order valence-electron chi connectivity index (χ3n) is 5.55. The van der Waals surface area contributed by atoms with Gasteiger partial charge in [-0.3, -0.25) is 9.79 Å². The molecule has 0 aromatic heterocycles. The van der Waals surface area contributed by atoms with Crippen LogP contribution in [0.3, 0.4) is 0 Å².